The van der Waals surface area contributed by atoms with E-state index in [4.69, 9.17) is 16.9 Å². The number of hydrogen-bond donors (Lipinski definition) is 0. The van der Waals surface area contributed by atoms with Crippen LogP contribution in [-0.2, 0) is 16.4 Å². The average Bonchev–Trinajstić information content (AvgIpc) is 2.95. The molecule has 0 radical (unpaired) electrons. The molecule has 1 aromatic carbocycles. The van der Waals surface area contributed by atoms with E-state index in [0.717, 1.165) is 11.1 Å². The smallest absolute Gasteiger partial charge is 0.245 e. The summed E-state index contributed by atoms with van der Waals surface area (Å²) in [7, 11) is -3.65. The third-order valence-corrected chi connectivity index (χ3v) is 6.22. The highest BCUT2D eigenvalue weighted by molar-refractivity contribution is 7.90. The lowest BCUT2D eigenvalue weighted by molar-refractivity contribution is 0.584. The minimum absolute atomic E-state index is 0.250. The number of hydrogen-bond acceptors (Lipinski definition) is 3. The van der Waals surface area contributed by atoms with E-state index in [2.05, 4.69) is 0 Å². The van der Waals surface area contributed by atoms with E-state index in [0.29, 0.717) is 24.1 Å². The van der Waals surface area contributed by atoms with Gasteiger partial charge in [-0.25, -0.2) is 12.4 Å². The molecule has 0 saturated heterocycles. The Labute approximate surface area is 140 Å². The Morgan fingerprint density at radius 1 is 1.30 bits per heavy atom. The highest BCUT2D eigenvalue weighted by Crippen LogP contribution is 2.36. The lowest BCUT2D eigenvalue weighted by Crippen LogP contribution is -2.20. The summed E-state index contributed by atoms with van der Waals surface area (Å²) in [6.45, 7) is 1.91. The zero-order valence-corrected chi connectivity index (χ0v) is 14.1. The molecular formula is C17H15ClN2O2S. The van der Waals surface area contributed by atoms with Gasteiger partial charge in [0.05, 0.1) is 16.3 Å². The molecule has 1 aliphatic carbocycles. The average molecular weight is 347 g/mol. The normalized spacial score (nSPS) is 19.3. The van der Waals surface area contributed by atoms with Crippen molar-refractivity contribution in [1.82, 2.24) is 3.97 Å². The van der Waals surface area contributed by atoms with Crippen molar-refractivity contribution in [3.05, 3.63) is 59.4 Å². The van der Waals surface area contributed by atoms with Crippen molar-refractivity contribution < 1.29 is 8.42 Å². The van der Waals surface area contributed by atoms with Crippen LogP contribution in [0, 0.1) is 18.3 Å². The molecule has 1 unspecified atom stereocenters. The second kappa shape index (κ2) is 5.88. The maximum Gasteiger partial charge on any atom is 0.267 e. The standard InChI is InChI=1S/C17H15ClN2O2S/c1-12-2-4-13(5-3-12)23(21,22)20-11-9-15-14(8-10-19)16(18)6-7-17(15)20/h2-5,8-9,11,16H,6-7H2,1H3. The van der Waals surface area contributed by atoms with E-state index in [1.54, 1.807) is 36.5 Å². The predicted molar refractivity (Wildman–Crippen MR) is 89.7 cm³/mol. The zero-order chi connectivity index (χ0) is 16.6. The Morgan fingerprint density at radius 3 is 2.65 bits per heavy atom. The van der Waals surface area contributed by atoms with Gasteiger partial charge in [0.15, 0.2) is 0 Å². The molecule has 2 aromatic rings. The van der Waals surface area contributed by atoms with Crippen LogP contribution in [0.3, 0.4) is 0 Å². The number of alkyl halides is 1. The van der Waals surface area contributed by atoms with Gasteiger partial charge in [0.2, 0.25) is 0 Å². The summed E-state index contributed by atoms with van der Waals surface area (Å²) in [4.78, 5) is 0.250. The van der Waals surface area contributed by atoms with Gasteiger partial charge in [0.25, 0.3) is 10.0 Å². The van der Waals surface area contributed by atoms with Crippen molar-refractivity contribution >= 4 is 27.2 Å². The van der Waals surface area contributed by atoms with Crippen LogP contribution >= 0.6 is 11.6 Å². The minimum atomic E-state index is -3.65. The van der Waals surface area contributed by atoms with E-state index in [1.807, 2.05) is 13.0 Å². The maximum atomic E-state index is 12.9. The topological polar surface area (TPSA) is 62.9 Å². The van der Waals surface area contributed by atoms with E-state index < -0.39 is 10.0 Å². The highest BCUT2D eigenvalue weighted by Gasteiger charge is 2.29. The van der Waals surface area contributed by atoms with Crippen LogP contribution in [0.2, 0.25) is 0 Å². The molecule has 0 fully saturated rings. The third kappa shape index (κ3) is 2.69. The summed E-state index contributed by atoms with van der Waals surface area (Å²) in [6.07, 6.45) is 4.11. The predicted octanol–water partition coefficient (Wildman–Crippen LogP) is 3.49. The SMILES string of the molecule is Cc1ccc(S(=O)(=O)n2ccc3c2CCC(Cl)C3=CC#N)cc1. The lowest BCUT2D eigenvalue weighted by atomic mass is 9.92. The van der Waals surface area contributed by atoms with Crippen LogP contribution < -0.4 is 0 Å². The van der Waals surface area contributed by atoms with Crippen LogP contribution in [0.5, 0.6) is 0 Å². The second-order valence-corrected chi connectivity index (χ2v) is 7.87. The second-order valence-electron chi connectivity index (χ2n) is 5.53. The van der Waals surface area contributed by atoms with Crippen molar-refractivity contribution in [1.29, 1.82) is 5.26 Å². The fourth-order valence-electron chi connectivity index (χ4n) is 2.83. The van der Waals surface area contributed by atoms with Gasteiger partial charge in [0.1, 0.15) is 0 Å². The number of nitriles is 1. The number of rotatable bonds is 2. The van der Waals surface area contributed by atoms with Gasteiger partial charge >= 0.3 is 0 Å². The van der Waals surface area contributed by atoms with Gasteiger partial charge in [-0.15, -0.1) is 11.6 Å². The van der Waals surface area contributed by atoms with Crippen LogP contribution in [0.15, 0.2) is 47.5 Å². The van der Waals surface area contributed by atoms with Crippen molar-refractivity contribution in [3.8, 4) is 6.07 Å². The number of halogens is 1. The first kappa shape index (κ1) is 15.9. The molecule has 0 spiro atoms. The number of aromatic nitrogens is 1. The first-order valence-electron chi connectivity index (χ1n) is 7.21. The molecule has 0 amide bonds. The summed E-state index contributed by atoms with van der Waals surface area (Å²) >= 11 is 6.27. The molecule has 1 heterocycles. The van der Waals surface area contributed by atoms with Crippen molar-refractivity contribution in [2.45, 2.75) is 30.0 Å². The Balaban J connectivity index is 2.13. The number of aryl methyl sites for hydroxylation is 1. The summed E-state index contributed by atoms with van der Waals surface area (Å²) in [5.74, 6) is 0. The number of fused-ring (bicyclic) bond motifs is 1. The van der Waals surface area contributed by atoms with Gasteiger partial charge in [-0.1, -0.05) is 17.7 Å². The molecule has 3 rings (SSSR count). The van der Waals surface area contributed by atoms with Gasteiger partial charge in [0, 0.05) is 23.5 Å². The first-order valence-corrected chi connectivity index (χ1v) is 9.09. The van der Waals surface area contributed by atoms with E-state index in [9.17, 15) is 8.42 Å². The van der Waals surface area contributed by atoms with E-state index >= 15 is 0 Å². The Kier molecular flexibility index (Phi) is 4.05. The molecule has 6 heteroatoms. The summed E-state index contributed by atoms with van der Waals surface area (Å²) in [5, 5.41) is 8.66. The molecular weight excluding hydrogens is 332 g/mol. The molecule has 0 saturated carbocycles. The van der Waals surface area contributed by atoms with Crippen molar-refractivity contribution in [2.24, 2.45) is 0 Å². The number of allylic oxidation sites excluding steroid dienone is 2. The van der Waals surface area contributed by atoms with Gasteiger partial charge < -0.3 is 0 Å². The molecule has 0 N–H and O–H groups in total. The zero-order valence-electron chi connectivity index (χ0n) is 12.5. The van der Waals surface area contributed by atoms with Gasteiger partial charge in [-0.05, 0) is 43.5 Å². The molecule has 1 aromatic heterocycles. The third-order valence-electron chi connectivity index (χ3n) is 4.03. The van der Waals surface area contributed by atoms with Crippen LogP contribution in [-0.4, -0.2) is 17.8 Å². The lowest BCUT2D eigenvalue weighted by Gasteiger charge is -2.22. The van der Waals surface area contributed by atoms with Crippen molar-refractivity contribution in [3.63, 3.8) is 0 Å². The Morgan fingerprint density at radius 2 is 2.00 bits per heavy atom. The molecule has 23 heavy (non-hydrogen) atoms. The molecule has 4 nitrogen and oxygen atoms in total. The first-order chi connectivity index (χ1) is 10.9. The van der Waals surface area contributed by atoms with Crippen LogP contribution in [0.1, 0.15) is 23.2 Å². The fraction of sp³-hybridized carbons (Fsp3) is 0.235. The molecule has 0 aliphatic heterocycles. The van der Waals surface area contributed by atoms with Gasteiger partial charge in [-0.2, -0.15) is 5.26 Å². The van der Waals surface area contributed by atoms with Crippen LogP contribution in [0.25, 0.3) is 5.57 Å². The van der Waals surface area contributed by atoms with Gasteiger partial charge in [-0.3, -0.25) is 0 Å². The Bertz CT molecular complexity index is 918. The number of benzene rings is 1. The van der Waals surface area contributed by atoms with E-state index in [-0.39, 0.29) is 10.3 Å². The quantitative estimate of drug-likeness (QED) is 0.617. The summed E-state index contributed by atoms with van der Waals surface area (Å²) in [6, 6.07) is 10.5. The Hall–Kier alpha value is -2.03. The molecule has 118 valence electrons. The molecule has 1 aliphatic rings. The monoisotopic (exact) mass is 346 g/mol. The van der Waals surface area contributed by atoms with Crippen LogP contribution in [0.4, 0.5) is 0 Å². The number of nitrogens with zero attached hydrogens (tertiary/aromatic N) is 2. The maximum absolute atomic E-state index is 12.9. The fourth-order valence-corrected chi connectivity index (χ4v) is 4.53. The molecule has 0 bridgehead atoms. The van der Waals surface area contributed by atoms with E-state index in [1.165, 1.54) is 10.0 Å². The highest BCUT2D eigenvalue weighted by atomic mass is 35.5. The molecule has 1 atom stereocenters. The van der Waals surface area contributed by atoms with Crippen molar-refractivity contribution in [2.75, 3.05) is 0 Å². The largest absolute Gasteiger partial charge is 0.267 e. The summed E-state index contributed by atoms with van der Waals surface area (Å²) < 4.78 is 27.0. The minimum Gasteiger partial charge on any atom is -0.245 e. The summed E-state index contributed by atoms with van der Waals surface area (Å²) in [5.41, 5.74) is 3.12.